The van der Waals surface area contributed by atoms with Gasteiger partial charge in [-0.15, -0.1) is 0 Å². The fraction of sp³-hybridized carbons (Fsp3) is 0.214. The highest BCUT2D eigenvalue weighted by Crippen LogP contribution is 2.09. The number of para-hydroxylation sites is 2. The molecule has 42 heavy (non-hydrogen) atoms. The van der Waals surface area contributed by atoms with Crippen LogP contribution in [0.4, 0.5) is 0 Å². The second-order valence-corrected chi connectivity index (χ2v) is 10.0. The van der Waals surface area contributed by atoms with Gasteiger partial charge in [0.1, 0.15) is 0 Å². The highest BCUT2D eigenvalue weighted by molar-refractivity contribution is 7.80. The molecule has 4 aromatic rings. The molecule has 2 heterocycles. The first kappa shape index (κ1) is 30.1. The van der Waals surface area contributed by atoms with E-state index in [1.807, 2.05) is 88.6 Å². The van der Waals surface area contributed by atoms with E-state index in [2.05, 4.69) is 31.7 Å². The molecule has 0 saturated carbocycles. The van der Waals surface area contributed by atoms with Gasteiger partial charge in [0.15, 0.2) is 10.2 Å². The summed E-state index contributed by atoms with van der Waals surface area (Å²) < 4.78 is 6.73. The molecule has 0 aliphatic rings. The third-order valence-corrected chi connectivity index (χ3v) is 7.08. The molecule has 0 bridgehead atoms. The Morgan fingerprint density at radius 3 is 1.40 bits per heavy atom. The summed E-state index contributed by atoms with van der Waals surface area (Å²) in [6.07, 6.45) is 2.92. The van der Waals surface area contributed by atoms with Crippen LogP contribution in [0.25, 0.3) is 11.4 Å². The van der Waals surface area contributed by atoms with Gasteiger partial charge in [-0.3, -0.25) is 29.8 Å². The van der Waals surface area contributed by atoms with Gasteiger partial charge < -0.3 is 10.6 Å². The van der Waals surface area contributed by atoms with Crippen LogP contribution in [0, 0.1) is 13.8 Å². The van der Waals surface area contributed by atoms with Crippen LogP contribution in [0.3, 0.4) is 0 Å². The summed E-state index contributed by atoms with van der Waals surface area (Å²) in [6, 6.07) is 18.8. The number of aromatic nitrogens is 4. The van der Waals surface area contributed by atoms with Gasteiger partial charge >= 0.3 is 0 Å². The minimum absolute atomic E-state index is 0.178. The highest BCUT2D eigenvalue weighted by atomic mass is 32.1. The Bertz CT molecular complexity index is 1620. The lowest BCUT2D eigenvalue weighted by Crippen LogP contribution is -2.40. The lowest BCUT2D eigenvalue weighted by Gasteiger charge is -2.09. The van der Waals surface area contributed by atoms with Gasteiger partial charge in [0.2, 0.25) is 0 Å². The van der Waals surface area contributed by atoms with E-state index in [0.717, 1.165) is 22.8 Å². The van der Waals surface area contributed by atoms with Crippen LogP contribution in [0.2, 0.25) is 0 Å². The molecule has 0 aliphatic heterocycles. The van der Waals surface area contributed by atoms with Crippen LogP contribution in [-0.4, -0.2) is 54.5 Å². The molecule has 0 spiro atoms. The van der Waals surface area contributed by atoms with Crippen LogP contribution >= 0.6 is 24.4 Å². The quantitative estimate of drug-likeness (QED) is 0.0982. The third kappa shape index (κ3) is 6.72. The van der Waals surface area contributed by atoms with Crippen LogP contribution in [-0.2, 0) is 14.1 Å². The van der Waals surface area contributed by atoms with Gasteiger partial charge in [-0.2, -0.15) is 10.2 Å². The molecule has 12 nitrogen and oxygen atoms in total. The second kappa shape index (κ2) is 13.7. The van der Waals surface area contributed by atoms with Crippen molar-refractivity contribution < 1.29 is 0 Å². The van der Waals surface area contributed by atoms with Crippen LogP contribution in [0.5, 0.6) is 0 Å². The van der Waals surface area contributed by atoms with E-state index < -0.39 is 0 Å². The predicted octanol–water partition coefficient (Wildman–Crippen LogP) is 1.58. The van der Waals surface area contributed by atoms with E-state index in [4.69, 9.17) is 24.4 Å². The first-order valence-electron chi connectivity index (χ1n) is 13.0. The first-order valence-corrected chi connectivity index (χ1v) is 13.8. The molecule has 218 valence electrons. The largest absolute Gasteiger partial charge is 0.360 e. The fourth-order valence-corrected chi connectivity index (χ4v) is 4.53. The van der Waals surface area contributed by atoms with Crippen molar-refractivity contribution in [3.05, 3.63) is 104 Å². The molecule has 0 fully saturated rings. The molecule has 0 radical (unpaired) electrons. The van der Waals surface area contributed by atoms with Gasteiger partial charge in [0.05, 0.1) is 34.9 Å². The van der Waals surface area contributed by atoms with Crippen molar-refractivity contribution in [2.75, 3.05) is 13.1 Å². The first-order chi connectivity index (χ1) is 20.2. The lowest BCUT2D eigenvalue weighted by atomic mass is 10.3. The summed E-state index contributed by atoms with van der Waals surface area (Å²) in [6.45, 7) is 4.59. The third-order valence-electron chi connectivity index (χ3n) is 6.61. The van der Waals surface area contributed by atoms with Crippen molar-refractivity contribution in [2.24, 2.45) is 24.3 Å². The Morgan fingerprint density at radius 1 is 0.690 bits per heavy atom. The van der Waals surface area contributed by atoms with Gasteiger partial charge in [0, 0.05) is 38.6 Å². The molecule has 0 amide bonds. The van der Waals surface area contributed by atoms with Gasteiger partial charge in [-0.05, 0) is 62.5 Å². The zero-order valence-corrected chi connectivity index (χ0v) is 25.3. The Hall–Kier alpha value is -4.82. The molecule has 2 aromatic carbocycles. The monoisotopic (exact) mass is 604 g/mol. The number of hydrogen-bond donors (Lipinski definition) is 4. The van der Waals surface area contributed by atoms with Gasteiger partial charge in [-0.1, -0.05) is 36.4 Å². The Labute approximate surface area is 253 Å². The molecular formula is C28H32N10O2S2. The molecular weight excluding hydrogens is 573 g/mol. The summed E-state index contributed by atoms with van der Waals surface area (Å²) in [4.78, 5) is 25.9. The molecule has 4 N–H and O–H groups in total. The smallest absolute Gasteiger partial charge is 0.280 e. The molecule has 0 saturated heterocycles. The maximum Gasteiger partial charge on any atom is 0.280 e. The van der Waals surface area contributed by atoms with Crippen molar-refractivity contribution in [1.82, 2.24) is 40.2 Å². The number of benzene rings is 2. The Kier molecular flexibility index (Phi) is 9.83. The van der Waals surface area contributed by atoms with E-state index in [-0.39, 0.29) is 21.3 Å². The molecule has 2 aromatic heterocycles. The summed E-state index contributed by atoms with van der Waals surface area (Å²) in [5, 5.41) is 14.8. The molecule has 14 heteroatoms. The van der Waals surface area contributed by atoms with Crippen molar-refractivity contribution in [3.63, 3.8) is 0 Å². The van der Waals surface area contributed by atoms with E-state index in [9.17, 15) is 9.59 Å². The standard InChI is InChI=1S/C28H32N10O2S2/c1-19-23(25(39)37(35(19)3)21-11-7-5-8-12-21)17-31-33-27(41)29-15-16-30-28(42)34-32-18-24-20(2)36(4)38(26(24)40)22-13-9-6-10-14-22/h5-14,17-18H,15-16H2,1-4H3,(H2,29,33,41)(H2,30,34,42)/b31-17+,32-18+. The topological polar surface area (TPSA) is 127 Å². The molecule has 4 rings (SSSR count). The number of hydrazone groups is 2. The minimum Gasteiger partial charge on any atom is -0.360 e. The Balaban J connectivity index is 1.22. The summed E-state index contributed by atoms with van der Waals surface area (Å²) >= 11 is 10.5. The molecule has 0 atom stereocenters. The lowest BCUT2D eigenvalue weighted by molar-refractivity contribution is 0.630. The summed E-state index contributed by atoms with van der Waals surface area (Å²) in [5.74, 6) is 0. The van der Waals surface area contributed by atoms with Crippen molar-refractivity contribution in [3.8, 4) is 11.4 Å². The van der Waals surface area contributed by atoms with E-state index in [1.54, 1.807) is 18.7 Å². The highest BCUT2D eigenvalue weighted by Gasteiger charge is 2.15. The number of rotatable bonds is 9. The summed E-state index contributed by atoms with van der Waals surface area (Å²) in [7, 11) is 3.64. The van der Waals surface area contributed by atoms with Gasteiger partial charge in [0.25, 0.3) is 11.1 Å². The van der Waals surface area contributed by atoms with Crippen LogP contribution in [0.15, 0.2) is 80.5 Å². The average Bonchev–Trinajstić information content (AvgIpc) is 3.33. The maximum absolute atomic E-state index is 12.9. The number of nitrogens with zero attached hydrogens (tertiary/aromatic N) is 6. The average molecular weight is 605 g/mol. The Morgan fingerprint density at radius 2 is 1.05 bits per heavy atom. The predicted molar refractivity (Wildman–Crippen MR) is 174 cm³/mol. The van der Waals surface area contributed by atoms with E-state index in [1.165, 1.54) is 12.4 Å². The normalized spacial score (nSPS) is 11.2. The van der Waals surface area contributed by atoms with Crippen molar-refractivity contribution in [1.29, 1.82) is 0 Å². The fourth-order valence-electron chi connectivity index (χ4n) is 4.22. The van der Waals surface area contributed by atoms with Crippen molar-refractivity contribution >= 4 is 47.1 Å². The van der Waals surface area contributed by atoms with E-state index in [0.29, 0.717) is 24.2 Å². The molecule has 0 unspecified atom stereocenters. The second-order valence-electron chi connectivity index (χ2n) is 9.20. The molecule has 0 aliphatic carbocycles. The minimum atomic E-state index is -0.178. The van der Waals surface area contributed by atoms with Crippen LogP contribution in [0.1, 0.15) is 22.5 Å². The number of nitrogens with one attached hydrogen (secondary N) is 4. The summed E-state index contributed by atoms with van der Waals surface area (Å²) in [5.41, 5.74) is 9.08. The van der Waals surface area contributed by atoms with Gasteiger partial charge in [-0.25, -0.2) is 9.36 Å². The zero-order chi connectivity index (χ0) is 30.2. The maximum atomic E-state index is 12.9. The number of hydrogen-bond acceptors (Lipinski definition) is 6. The van der Waals surface area contributed by atoms with Crippen LogP contribution < -0.4 is 32.6 Å². The zero-order valence-electron chi connectivity index (χ0n) is 23.7. The SMILES string of the molecule is Cc1c(/C=N/NC(=S)NCCNC(=S)N/N=C/c2c(C)n(C)n(-c3ccccc3)c2=O)c(=O)n(-c2ccccc2)n1C. The van der Waals surface area contributed by atoms with Crippen molar-refractivity contribution in [2.45, 2.75) is 13.8 Å². The van der Waals surface area contributed by atoms with E-state index >= 15 is 0 Å². The number of thiocarbonyl (C=S) groups is 2.